The normalized spacial score (nSPS) is 10.9. The zero-order chi connectivity index (χ0) is 16.5. The molecule has 0 saturated heterocycles. The number of nitrogens with zero attached hydrogens (tertiary/aromatic N) is 3. The van der Waals surface area contributed by atoms with Gasteiger partial charge in [0.05, 0.1) is 16.8 Å². The van der Waals surface area contributed by atoms with E-state index in [1.807, 2.05) is 13.1 Å². The number of aryl methyl sites for hydroxylation is 1. The molecule has 5 nitrogen and oxygen atoms in total. The number of anilines is 1. The van der Waals surface area contributed by atoms with E-state index in [-0.39, 0.29) is 0 Å². The van der Waals surface area contributed by atoms with Crippen molar-refractivity contribution in [2.75, 3.05) is 12.4 Å². The Morgan fingerprint density at radius 3 is 2.50 bits per heavy atom. The second-order valence-electron chi connectivity index (χ2n) is 5.64. The molecule has 118 valence electrons. The minimum absolute atomic E-state index is 0.453. The van der Waals surface area contributed by atoms with Crippen LogP contribution in [0.3, 0.4) is 0 Å². The Hall–Kier alpha value is -3.21. The van der Waals surface area contributed by atoms with Gasteiger partial charge in [-0.05, 0) is 30.2 Å². The van der Waals surface area contributed by atoms with E-state index in [9.17, 15) is 0 Å². The Balaban J connectivity index is 1.93. The molecule has 0 fully saturated rings. The lowest BCUT2D eigenvalue weighted by Gasteiger charge is -2.11. The van der Waals surface area contributed by atoms with Crippen LogP contribution in [0.4, 0.5) is 5.69 Å². The lowest BCUT2D eigenvalue weighted by molar-refractivity contribution is 0.568. The number of aromatic nitrogens is 3. The van der Waals surface area contributed by atoms with Gasteiger partial charge in [0.2, 0.25) is 6.39 Å². The van der Waals surface area contributed by atoms with Crippen LogP contribution < -0.4 is 5.32 Å². The van der Waals surface area contributed by atoms with E-state index in [1.165, 1.54) is 17.5 Å². The fourth-order valence-corrected chi connectivity index (χ4v) is 2.84. The first-order valence-corrected chi connectivity index (χ1v) is 7.70. The summed E-state index contributed by atoms with van der Waals surface area (Å²) in [5.74, 6) is 0.453. The molecule has 0 spiro atoms. The Kier molecular flexibility index (Phi) is 3.46. The van der Waals surface area contributed by atoms with E-state index in [4.69, 9.17) is 4.42 Å². The van der Waals surface area contributed by atoms with Crippen LogP contribution in [0.5, 0.6) is 0 Å². The van der Waals surface area contributed by atoms with Crippen LogP contribution in [0.25, 0.3) is 33.5 Å². The molecular weight excluding hydrogens is 300 g/mol. The van der Waals surface area contributed by atoms with Gasteiger partial charge in [0, 0.05) is 18.6 Å². The number of pyridine rings is 1. The summed E-state index contributed by atoms with van der Waals surface area (Å²) in [6, 6.07) is 14.8. The highest BCUT2D eigenvalue weighted by Crippen LogP contribution is 2.34. The quantitative estimate of drug-likeness (QED) is 0.610. The smallest absolute Gasteiger partial charge is 0.251 e. The summed E-state index contributed by atoms with van der Waals surface area (Å²) in [6.07, 6.45) is 3.08. The van der Waals surface area contributed by atoms with Crippen LogP contribution in [0.1, 0.15) is 5.56 Å². The number of benzene rings is 2. The molecule has 2 aromatic heterocycles. The average Bonchev–Trinajstić information content (AvgIpc) is 3.15. The molecule has 0 saturated carbocycles. The van der Waals surface area contributed by atoms with Gasteiger partial charge in [0.15, 0.2) is 0 Å². The maximum atomic E-state index is 5.34. The van der Waals surface area contributed by atoms with Gasteiger partial charge < -0.3 is 9.73 Å². The molecule has 0 unspecified atom stereocenters. The third-order valence-electron chi connectivity index (χ3n) is 4.09. The third-order valence-corrected chi connectivity index (χ3v) is 4.09. The number of hydrogen-bond acceptors (Lipinski definition) is 5. The molecular formula is C19H16N4O. The van der Waals surface area contributed by atoms with Gasteiger partial charge in [-0.3, -0.25) is 4.98 Å². The highest BCUT2D eigenvalue weighted by atomic mass is 16.4. The van der Waals surface area contributed by atoms with Crippen LogP contribution >= 0.6 is 0 Å². The predicted molar refractivity (Wildman–Crippen MR) is 94.8 cm³/mol. The van der Waals surface area contributed by atoms with Crippen LogP contribution in [-0.2, 0) is 0 Å². The summed E-state index contributed by atoms with van der Waals surface area (Å²) >= 11 is 0. The maximum absolute atomic E-state index is 5.34. The van der Waals surface area contributed by atoms with Crippen LogP contribution in [0.2, 0.25) is 0 Å². The fraction of sp³-hybridized carbons (Fsp3) is 0.105. The first-order chi connectivity index (χ1) is 11.8. The molecule has 0 aliphatic rings. The van der Waals surface area contributed by atoms with E-state index in [2.05, 4.69) is 63.8 Å². The van der Waals surface area contributed by atoms with Gasteiger partial charge in [0.1, 0.15) is 0 Å². The molecule has 2 heterocycles. The van der Waals surface area contributed by atoms with Crippen molar-refractivity contribution in [1.82, 2.24) is 15.2 Å². The van der Waals surface area contributed by atoms with Gasteiger partial charge in [-0.1, -0.05) is 35.9 Å². The molecule has 0 aliphatic heterocycles. The minimum atomic E-state index is 0.453. The fourth-order valence-electron chi connectivity index (χ4n) is 2.84. The first-order valence-electron chi connectivity index (χ1n) is 7.70. The molecule has 4 aromatic rings. The molecule has 2 aromatic carbocycles. The molecule has 0 atom stereocenters. The van der Waals surface area contributed by atoms with Gasteiger partial charge in [0.25, 0.3) is 5.89 Å². The Labute approximate surface area is 139 Å². The van der Waals surface area contributed by atoms with E-state index in [0.29, 0.717) is 5.89 Å². The average molecular weight is 316 g/mol. The Morgan fingerprint density at radius 1 is 1.00 bits per heavy atom. The summed E-state index contributed by atoms with van der Waals surface area (Å²) in [6.45, 7) is 2.09. The molecule has 4 rings (SSSR count). The third kappa shape index (κ3) is 2.40. The van der Waals surface area contributed by atoms with Crippen molar-refractivity contribution in [1.29, 1.82) is 0 Å². The highest BCUT2D eigenvalue weighted by molar-refractivity contribution is 6.00. The number of fused-ring (bicyclic) bond motifs is 1. The van der Waals surface area contributed by atoms with Crippen LogP contribution in [-0.4, -0.2) is 22.2 Å². The van der Waals surface area contributed by atoms with Crippen LogP contribution in [0, 0.1) is 6.92 Å². The van der Waals surface area contributed by atoms with Crippen molar-refractivity contribution < 1.29 is 4.42 Å². The zero-order valence-corrected chi connectivity index (χ0v) is 13.4. The van der Waals surface area contributed by atoms with Crippen molar-refractivity contribution in [2.24, 2.45) is 0 Å². The van der Waals surface area contributed by atoms with Crippen molar-refractivity contribution >= 4 is 16.6 Å². The lowest BCUT2D eigenvalue weighted by atomic mass is 10.0. The number of nitrogens with one attached hydrogen (secondary N) is 1. The van der Waals surface area contributed by atoms with E-state index < -0.39 is 0 Å². The monoisotopic (exact) mass is 316 g/mol. The van der Waals surface area contributed by atoms with Gasteiger partial charge in [-0.2, -0.15) is 0 Å². The number of rotatable bonds is 3. The summed E-state index contributed by atoms with van der Waals surface area (Å²) in [5, 5.41) is 12.0. The number of hydrogen-bond donors (Lipinski definition) is 1. The second kappa shape index (κ2) is 5.77. The van der Waals surface area contributed by atoms with Crippen molar-refractivity contribution in [2.45, 2.75) is 6.92 Å². The van der Waals surface area contributed by atoms with Crippen LogP contribution in [0.15, 0.2) is 59.5 Å². The maximum Gasteiger partial charge on any atom is 0.251 e. The van der Waals surface area contributed by atoms with E-state index in [1.54, 1.807) is 6.20 Å². The van der Waals surface area contributed by atoms with Crippen molar-refractivity contribution in [3.05, 3.63) is 60.6 Å². The van der Waals surface area contributed by atoms with Gasteiger partial charge in [-0.25, -0.2) is 0 Å². The minimum Gasteiger partial charge on any atom is -0.423 e. The Bertz CT molecular complexity index is 992. The molecule has 0 radical (unpaired) electrons. The highest BCUT2D eigenvalue weighted by Gasteiger charge is 2.14. The summed E-state index contributed by atoms with van der Waals surface area (Å²) in [7, 11) is 1.88. The standard InChI is InChI=1S/C19H16N4O/c1-12-3-5-13(6-4-12)14-7-8-17-15(9-14)18(20-2)16(10-21-17)19-23-22-11-24-19/h3-11H,1-2H3,(H,20,21). The van der Waals surface area contributed by atoms with Crippen molar-refractivity contribution in [3.63, 3.8) is 0 Å². The predicted octanol–water partition coefficient (Wildman–Crippen LogP) is 4.30. The summed E-state index contributed by atoms with van der Waals surface area (Å²) < 4.78 is 5.34. The first kappa shape index (κ1) is 14.4. The Morgan fingerprint density at radius 2 is 1.79 bits per heavy atom. The molecule has 0 aliphatic carbocycles. The molecule has 0 amide bonds. The second-order valence-corrected chi connectivity index (χ2v) is 5.64. The van der Waals surface area contributed by atoms with Crippen molar-refractivity contribution in [3.8, 4) is 22.6 Å². The van der Waals surface area contributed by atoms with E-state index in [0.717, 1.165) is 27.7 Å². The molecule has 0 bridgehead atoms. The zero-order valence-electron chi connectivity index (χ0n) is 13.4. The summed E-state index contributed by atoms with van der Waals surface area (Å²) in [5.41, 5.74) is 6.20. The topological polar surface area (TPSA) is 63.8 Å². The van der Waals surface area contributed by atoms with Gasteiger partial charge in [-0.15, -0.1) is 10.2 Å². The van der Waals surface area contributed by atoms with E-state index >= 15 is 0 Å². The SMILES string of the molecule is CNc1c(-c2nnco2)cnc2ccc(-c3ccc(C)cc3)cc12. The van der Waals surface area contributed by atoms with Gasteiger partial charge >= 0.3 is 0 Å². The lowest BCUT2D eigenvalue weighted by Crippen LogP contribution is -1.96. The molecule has 1 N–H and O–H groups in total. The molecule has 5 heteroatoms. The largest absolute Gasteiger partial charge is 0.423 e. The summed E-state index contributed by atoms with van der Waals surface area (Å²) in [4.78, 5) is 4.53. The molecule has 24 heavy (non-hydrogen) atoms.